The lowest BCUT2D eigenvalue weighted by molar-refractivity contribution is 0.524. The van der Waals surface area contributed by atoms with Crippen LogP contribution < -0.4 is 5.32 Å². The number of rotatable bonds is 6. The molecule has 0 aliphatic heterocycles. The van der Waals surface area contributed by atoms with Gasteiger partial charge in [0, 0.05) is 31.2 Å². The second-order valence-electron chi connectivity index (χ2n) is 6.01. The fourth-order valence-electron chi connectivity index (χ4n) is 2.80. The minimum absolute atomic E-state index is 0.112. The number of hydrogen-bond donors (Lipinski definition) is 1. The highest BCUT2D eigenvalue weighted by Crippen LogP contribution is 2.25. The minimum Gasteiger partial charge on any atom is -0.313 e. The lowest BCUT2D eigenvalue weighted by Crippen LogP contribution is -2.26. The summed E-state index contributed by atoms with van der Waals surface area (Å²) >= 11 is 0. The highest BCUT2D eigenvalue weighted by Gasteiger charge is 2.24. The smallest absolute Gasteiger partial charge is 0.126 e. The van der Waals surface area contributed by atoms with E-state index in [1.54, 1.807) is 12.1 Å². The van der Waals surface area contributed by atoms with E-state index in [4.69, 9.17) is 0 Å². The SMILES string of the molecule is Cc1cc(CC(CNC2CC2)c2ccccc2F)n(C)n1. The number of aryl methyl sites for hydroxylation is 2. The first-order valence-corrected chi connectivity index (χ1v) is 7.61. The standard InChI is InChI=1S/C17H22FN3/c1-12-9-15(21(2)20-12)10-13(11-19-14-7-8-14)16-5-3-4-6-17(16)18/h3-6,9,13-14,19H,7-8,10-11H2,1-2H3. The molecule has 0 amide bonds. The van der Waals surface area contributed by atoms with Gasteiger partial charge in [0.15, 0.2) is 0 Å². The van der Waals surface area contributed by atoms with E-state index in [0.29, 0.717) is 6.04 Å². The van der Waals surface area contributed by atoms with Gasteiger partial charge in [0.25, 0.3) is 0 Å². The van der Waals surface area contributed by atoms with Gasteiger partial charge in [-0.1, -0.05) is 18.2 Å². The van der Waals surface area contributed by atoms with Crippen LogP contribution in [0.25, 0.3) is 0 Å². The van der Waals surface area contributed by atoms with Gasteiger partial charge in [-0.15, -0.1) is 0 Å². The van der Waals surface area contributed by atoms with Gasteiger partial charge in [-0.25, -0.2) is 4.39 Å². The summed E-state index contributed by atoms with van der Waals surface area (Å²) in [6.45, 7) is 2.81. The third kappa shape index (κ3) is 3.50. The second kappa shape index (κ2) is 5.98. The van der Waals surface area contributed by atoms with Crippen molar-refractivity contribution in [1.82, 2.24) is 15.1 Å². The monoisotopic (exact) mass is 287 g/mol. The number of halogens is 1. The molecule has 1 unspecified atom stereocenters. The maximum atomic E-state index is 14.1. The zero-order valence-corrected chi connectivity index (χ0v) is 12.6. The fraction of sp³-hybridized carbons (Fsp3) is 0.471. The van der Waals surface area contributed by atoms with E-state index in [0.717, 1.165) is 29.9 Å². The minimum atomic E-state index is -0.112. The molecule has 1 aliphatic rings. The molecule has 4 heteroatoms. The third-order valence-corrected chi connectivity index (χ3v) is 4.13. The molecule has 1 aliphatic carbocycles. The second-order valence-corrected chi connectivity index (χ2v) is 6.01. The maximum absolute atomic E-state index is 14.1. The first-order valence-electron chi connectivity index (χ1n) is 7.61. The molecule has 0 saturated heterocycles. The lowest BCUT2D eigenvalue weighted by Gasteiger charge is -2.19. The average molecular weight is 287 g/mol. The van der Waals surface area contributed by atoms with Crippen molar-refractivity contribution in [3.05, 3.63) is 53.1 Å². The van der Waals surface area contributed by atoms with Gasteiger partial charge >= 0.3 is 0 Å². The highest BCUT2D eigenvalue weighted by molar-refractivity contribution is 5.25. The van der Waals surface area contributed by atoms with E-state index in [1.165, 1.54) is 12.8 Å². The molecule has 1 atom stereocenters. The molecular weight excluding hydrogens is 265 g/mol. The molecule has 3 nitrogen and oxygen atoms in total. The zero-order valence-electron chi connectivity index (χ0n) is 12.6. The summed E-state index contributed by atoms with van der Waals surface area (Å²) < 4.78 is 16.0. The fourth-order valence-corrected chi connectivity index (χ4v) is 2.80. The van der Waals surface area contributed by atoms with Gasteiger partial charge in [0.1, 0.15) is 5.82 Å². The summed E-state index contributed by atoms with van der Waals surface area (Å²) in [5.74, 6) is 0.0283. The third-order valence-electron chi connectivity index (χ3n) is 4.13. The van der Waals surface area contributed by atoms with Gasteiger partial charge in [-0.2, -0.15) is 5.10 Å². The molecule has 1 N–H and O–H groups in total. The number of benzene rings is 1. The zero-order chi connectivity index (χ0) is 14.8. The molecule has 0 radical (unpaired) electrons. The predicted octanol–water partition coefficient (Wildman–Crippen LogP) is 2.95. The Morgan fingerprint density at radius 2 is 2.14 bits per heavy atom. The van der Waals surface area contributed by atoms with E-state index in [2.05, 4.69) is 16.5 Å². The molecule has 3 rings (SSSR count). The Morgan fingerprint density at radius 3 is 2.76 bits per heavy atom. The Hall–Kier alpha value is -1.68. The van der Waals surface area contributed by atoms with Crippen LogP contribution in [-0.2, 0) is 13.5 Å². The summed E-state index contributed by atoms with van der Waals surface area (Å²) in [6, 6.07) is 9.83. The normalized spacial score (nSPS) is 16.1. The highest BCUT2D eigenvalue weighted by atomic mass is 19.1. The summed E-state index contributed by atoms with van der Waals surface area (Å²) in [4.78, 5) is 0. The average Bonchev–Trinajstić information content (AvgIpc) is 3.21. The molecule has 112 valence electrons. The molecular formula is C17H22FN3. The Balaban J connectivity index is 1.81. The van der Waals surface area contributed by atoms with E-state index in [-0.39, 0.29) is 11.7 Å². The van der Waals surface area contributed by atoms with Crippen molar-refractivity contribution in [1.29, 1.82) is 0 Å². The van der Waals surface area contributed by atoms with Crippen molar-refractivity contribution < 1.29 is 4.39 Å². The lowest BCUT2D eigenvalue weighted by atomic mass is 9.93. The molecule has 1 saturated carbocycles. The van der Waals surface area contributed by atoms with Gasteiger partial charge < -0.3 is 5.32 Å². The van der Waals surface area contributed by atoms with Crippen LogP contribution in [0.5, 0.6) is 0 Å². The van der Waals surface area contributed by atoms with E-state index in [9.17, 15) is 4.39 Å². The van der Waals surface area contributed by atoms with E-state index >= 15 is 0 Å². The summed E-state index contributed by atoms with van der Waals surface area (Å²) in [6.07, 6.45) is 3.29. The van der Waals surface area contributed by atoms with E-state index < -0.39 is 0 Å². The number of nitrogens with one attached hydrogen (secondary N) is 1. The van der Waals surface area contributed by atoms with Crippen LogP contribution in [-0.4, -0.2) is 22.4 Å². The molecule has 1 heterocycles. The molecule has 0 bridgehead atoms. The van der Waals surface area contributed by atoms with Crippen molar-refractivity contribution in [3.63, 3.8) is 0 Å². The maximum Gasteiger partial charge on any atom is 0.126 e. The van der Waals surface area contributed by atoms with Crippen LogP contribution >= 0.6 is 0 Å². The van der Waals surface area contributed by atoms with Gasteiger partial charge in [0.05, 0.1) is 5.69 Å². The predicted molar refractivity (Wildman–Crippen MR) is 81.8 cm³/mol. The van der Waals surface area contributed by atoms with Gasteiger partial charge in [-0.05, 0) is 43.9 Å². The largest absolute Gasteiger partial charge is 0.313 e. The van der Waals surface area contributed by atoms with Gasteiger partial charge in [0.2, 0.25) is 0 Å². The number of aromatic nitrogens is 2. The summed E-state index contributed by atoms with van der Waals surface area (Å²) in [5, 5.41) is 7.92. The molecule has 0 spiro atoms. The molecule has 2 aromatic rings. The van der Waals surface area contributed by atoms with Crippen molar-refractivity contribution in [3.8, 4) is 0 Å². The van der Waals surface area contributed by atoms with Crippen LogP contribution in [0.1, 0.15) is 35.7 Å². The van der Waals surface area contributed by atoms with Crippen molar-refractivity contribution in [2.24, 2.45) is 7.05 Å². The molecule has 1 aromatic carbocycles. The van der Waals surface area contributed by atoms with Gasteiger partial charge in [-0.3, -0.25) is 4.68 Å². The molecule has 21 heavy (non-hydrogen) atoms. The van der Waals surface area contributed by atoms with Crippen molar-refractivity contribution in [2.75, 3.05) is 6.54 Å². The molecule has 1 fully saturated rings. The van der Waals surface area contributed by atoms with E-state index in [1.807, 2.05) is 30.8 Å². The first-order chi connectivity index (χ1) is 10.1. The van der Waals surface area contributed by atoms with Crippen LogP contribution in [0.4, 0.5) is 4.39 Å². The quantitative estimate of drug-likeness (QED) is 0.885. The topological polar surface area (TPSA) is 29.9 Å². The van der Waals surface area contributed by atoms with Crippen LogP contribution in [0.15, 0.2) is 30.3 Å². The Morgan fingerprint density at radius 1 is 1.38 bits per heavy atom. The summed E-state index contributed by atoms with van der Waals surface area (Å²) in [7, 11) is 1.95. The number of hydrogen-bond acceptors (Lipinski definition) is 2. The van der Waals surface area contributed by atoms with Crippen LogP contribution in [0, 0.1) is 12.7 Å². The Bertz CT molecular complexity index is 616. The number of nitrogens with zero attached hydrogens (tertiary/aromatic N) is 2. The molecule has 1 aromatic heterocycles. The summed E-state index contributed by atoms with van der Waals surface area (Å²) in [5.41, 5.74) is 2.96. The van der Waals surface area contributed by atoms with Crippen molar-refractivity contribution >= 4 is 0 Å². The Kier molecular flexibility index (Phi) is 4.06. The van der Waals surface area contributed by atoms with Crippen LogP contribution in [0.3, 0.4) is 0 Å². The first kappa shape index (κ1) is 14.3. The van der Waals surface area contributed by atoms with Crippen LogP contribution in [0.2, 0.25) is 0 Å². The van der Waals surface area contributed by atoms with Crippen molar-refractivity contribution in [2.45, 2.75) is 38.1 Å². The Labute approximate surface area is 125 Å².